The van der Waals surface area contributed by atoms with E-state index in [4.69, 9.17) is 9.72 Å². The molecule has 44 heavy (non-hydrogen) atoms. The number of nitrogens with zero attached hydrogens (tertiary/aromatic N) is 5. The Morgan fingerprint density at radius 2 is 1.75 bits per heavy atom. The highest BCUT2D eigenvalue weighted by molar-refractivity contribution is 5.80. The Morgan fingerprint density at radius 1 is 1.00 bits per heavy atom. The maximum Gasteiger partial charge on any atom is 0.419 e. The third-order valence-electron chi connectivity index (χ3n) is 7.03. The summed E-state index contributed by atoms with van der Waals surface area (Å²) in [6.45, 7) is 3.99. The molecule has 5 aromatic rings. The summed E-state index contributed by atoms with van der Waals surface area (Å²) in [6.07, 6.45) is 0.661. The van der Waals surface area contributed by atoms with Crippen molar-refractivity contribution in [2.75, 3.05) is 6.61 Å². The van der Waals surface area contributed by atoms with Gasteiger partial charge in [0.2, 0.25) is 5.91 Å². The standard InChI is InChI=1S/C32H27F4N5O3/c1-3-44-24-9-7-23(8-10-24)41-30(39-28-18-38-14-12-25(28)31(41)43)20(2)40(19-22-5-4-13-37-17-22)29(42)16-21-6-11-27(33)26(15-21)32(34,35)36/h4-15,17-18,20H,3,16,19H2,1-2H3. The Morgan fingerprint density at radius 3 is 2.43 bits per heavy atom. The lowest BCUT2D eigenvalue weighted by Gasteiger charge is -2.31. The van der Waals surface area contributed by atoms with E-state index in [0.717, 1.165) is 6.07 Å². The van der Waals surface area contributed by atoms with E-state index in [2.05, 4.69) is 9.97 Å². The molecular formula is C32H27F4N5O3. The lowest BCUT2D eigenvalue weighted by Crippen LogP contribution is -2.38. The van der Waals surface area contributed by atoms with Gasteiger partial charge >= 0.3 is 6.18 Å². The molecule has 0 fully saturated rings. The van der Waals surface area contributed by atoms with Crippen molar-refractivity contribution in [1.82, 2.24) is 24.4 Å². The summed E-state index contributed by atoms with van der Waals surface area (Å²) < 4.78 is 61.1. The number of pyridine rings is 2. The van der Waals surface area contributed by atoms with Gasteiger partial charge in [-0.15, -0.1) is 0 Å². The summed E-state index contributed by atoms with van der Waals surface area (Å²) in [4.78, 5) is 42.1. The number of alkyl halides is 3. The molecule has 8 nitrogen and oxygen atoms in total. The van der Waals surface area contributed by atoms with Crippen molar-refractivity contribution in [3.05, 3.63) is 124 Å². The number of halogens is 4. The van der Waals surface area contributed by atoms with Gasteiger partial charge in [-0.25, -0.2) is 9.37 Å². The number of benzene rings is 2. The molecule has 0 saturated heterocycles. The van der Waals surface area contributed by atoms with Gasteiger partial charge in [-0.05, 0) is 73.5 Å². The van der Waals surface area contributed by atoms with Crippen LogP contribution in [0.5, 0.6) is 5.75 Å². The molecule has 0 saturated carbocycles. The Bertz CT molecular complexity index is 1840. The van der Waals surface area contributed by atoms with Gasteiger partial charge in [0, 0.05) is 25.1 Å². The van der Waals surface area contributed by atoms with Crippen LogP contribution in [0.3, 0.4) is 0 Å². The first-order valence-electron chi connectivity index (χ1n) is 13.7. The molecule has 1 amide bonds. The molecular weight excluding hydrogens is 578 g/mol. The molecule has 12 heteroatoms. The minimum atomic E-state index is -4.93. The van der Waals surface area contributed by atoms with Gasteiger partial charge in [-0.3, -0.25) is 24.1 Å². The zero-order valence-electron chi connectivity index (χ0n) is 23.8. The van der Waals surface area contributed by atoms with Crippen molar-refractivity contribution >= 4 is 16.8 Å². The zero-order valence-corrected chi connectivity index (χ0v) is 23.8. The number of ether oxygens (including phenoxy) is 1. The molecule has 3 aromatic heterocycles. The first-order valence-corrected chi connectivity index (χ1v) is 13.7. The van der Waals surface area contributed by atoms with Gasteiger partial charge in [0.25, 0.3) is 5.56 Å². The summed E-state index contributed by atoms with van der Waals surface area (Å²) in [5, 5.41) is 0.306. The zero-order chi connectivity index (χ0) is 31.4. The lowest BCUT2D eigenvalue weighted by atomic mass is 10.1. The van der Waals surface area contributed by atoms with Gasteiger partial charge in [0.05, 0.1) is 47.4 Å². The van der Waals surface area contributed by atoms with Crippen molar-refractivity contribution < 1.29 is 27.1 Å². The van der Waals surface area contributed by atoms with E-state index in [0.29, 0.717) is 46.6 Å². The quantitative estimate of drug-likeness (QED) is 0.190. The van der Waals surface area contributed by atoms with Crippen LogP contribution in [0.25, 0.3) is 16.6 Å². The average Bonchev–Trinajstić information content (AvgIpc) is 3.01. The van der Waals surface area contributed by atoms with E-state index in [9.17, 15) is 27.2 Å². The second-order valence-electron chi connectivity index (χ2n) is 9.98. The van der Waals surface area contributed by atoms with Crippen LogP contribution in [0, 0.1) is 5.82 Å². The first-order chi connectivity index (χ1) is 21.1. The number of amides is 1. The predicted molar refractivity (Wildman–Crippen MR) is 155 cm³/mol. The van der Waals surface area contributed by atoms with Crippen LogP contribution >= 0.6 is 0 Å². The summed E-state index contributed by atoms with van der Waals surface area (Å²) in [7, 11) is 0. The molecule has 226 valence electrons. The summed E-state index contributed by atoms with van der Waals surface area (Å²) in [5.74, 6) is -1.20. The van der Waals surface area contributed by atoms with Crippen molar-refractivity contribution in [2.24, 2.45) is 0 Å². The first kappa shape index (κ1) is 30.3. The Hall–Kier alpha value is -5.13. The van der Waals surface area contributed by atoms with Gasteiger partial charge in [0.15, 0.2) is 0 Å². The van der Waals surface area contributed by atoms with Crippen LogP contribution < -0.4 is 10.3 Å². The van der Waals surface area contributed by atoms with E-state index in [-0.39, 0.29) is 17.9 Å². The highest BCUT2D eigenvalue weighted by Crippen LogP contribution is 2.32. The van der Waals surface area contributed by atoms with Crippen molar-refractivity contribution in [3.63, 3.8) is 0 Å². The number of fused-ring (bicyclic) bond motifs is 1. The van der Waals surface area contributed by atoms with Gasteiger partial charge in [-0.1, -0.05) is 12.1 Å². The Balaban J connectivity index is 1.62. The lowest BCUT2D eigenvalue weighted by molar-refractivity contribution is -0.140. The molecule has 0 bridgehead atoms. The molecule has 2 aromatic carbocycles. The van der Waals surface area contributed by atoms with Gasteiger partial charge < -0.3 is 9.64 Å². The van der Waals surface area contributed by atoms with Crippen molar-refractivity contribution in [1.29, 1.82) is 0 Å². The van der Waals surface area contributed by atoms with Gasteiger partial charge in [0.1, 0.15) is 17.4 Å². The molecule has 5 rings (SSSR count). The second kappa shape index (κ2) is 12.6. The minimum Gasteiger partial charge on any atom is -0.494 e. The molecule has 3 heterocycles. The van der Waals surface area contributed by atoms with Crippen LogP contribution in [0.1, 0.15) is 42.4 Å². The van der Waals surface area contributed by atoms with E-state index in [1.54, 1.807) is 61.8 Å². The van der Waals surface area contributed by atoms with Crippen molar-refractivity contribution in [2.45, 2.75) is 39.0 Å². The van der Waals surface area contributed by atoms with Gasteiger partial charge in [-0.2, -0.15) is 13.2 Å². The third kappa shape index (κ3) is 6.43. The average molecular weight is 606 g/mol. The topological polar surface area (TPSA) is 90.2 Å². The van der Waals surface area contributed by atoms with Crippen LogP contribution in [-0.4, -0.2) is 36.9 Å². The maximum atomic E-state index is 14.0. The molecule has 0 spiro atoms. The fourth-order valence-corrected chi connectivity index (χ4v) is 4.89. The van der Waals surface area contributed by atoms with Crippen LogP contribution in [0.2, 0.25) is 0 Å². The van der Waals surface area contributed by atoms with Crippen LogP contribution in [0.4, 0.5) is 17.6 Å². The fraction of sp³-hybridized carbons (Fsp3) is 0.219. The summed E-state index contributed by atoms with van der Waals surface area (Å²) >= 11 is 0. The summed E-state index contributed by atoms with van der Waals surface area (Å²) in [5.41, 5.74) is -0.461. The number of hydrogen-bond acceptors (Lipinski definition) is 6. The predicted octanol–water partition coefficient (Wildman–Crippen LogP) is 6.06. The number of hydrogen-bond donors (Lipinski definition) is 0. The number of carbonyl (C=O) groups is 1. The molecule has 1 atom stereocenters. The van der Waals surface area contributed by atoms with E-state index in [1.165, 1.54) is 21.9 Å². The molecule has 0 aliphatic heterocycles. The normalized spacial score (nSPS) is 12.2. The van der Waals surface area contributed by atoms with Crippen LogP contribution in [-0.2, 0) is 23.9 Å². The van der Waals surface area contributed by atoms with E-state index in [1.807, 2.05) is 6.92 Å². The highest BCUT2D eigenvalue weighted by atomic mass is 19.4. The van der Waals surface area contributed by atoms with Crippen LogP contribution in [0.15, 0.2) is 90.2 Å². The maximum absolute atomic E-state index is 14.0. The van der Waals surface area contributed by atoms with E-state index < -0.39 is 41.5 Å². The Kier molecular flexibility index (Phi) is 8.70. The SMILES string of the molecule is CCOc1ccc(-n2c(C(C)N(Cc3cccnc3)C(=O)Cc3ccc(F)c(C(F)(F)F)c3)nc3cnccc3c2=O)cc1. The molecule has 1 unspecified atom stereocenters. The fourth-order valence-electron chi connectivity index (χ4n) is 4.89. The number of aromatic nitrogens is 4. The molecule has 0 N–H and O–H groups in total. The van der Waals surface area contributed by atoms with E-state index >= 15 is 0 Å². The highest BCUT2D eigenvalue weighted by Gasteiger charge is 2.35. The second-order valence-corrected chi connectivity index (χ2v) is 9.98. The summed E-state index contributed by atoms with van der Waals surface area (Å²) in [6, 6.07) is 13.4. The molecule has 0 aliphatic carbocycles. The van der Waals surface area contributed by atoms with Crippen molar-refractivity contribution in [3.8, 4) is 11.4 Å². The monoisotopic (exact) mass is 605 g/mol. The third-order valence-corrected chi connectivity index (χ3v) is 7.03. The smallest absolute Gasteiger partial charge is 0.419 e. The molecule has 0 radical (unpaired) electrons. The molecule has 0 aliphatic rings. The number of rotatable bonds is 9. The number of carbonyl (C=O) groups excluding carboxylic acids is 1. The largest absolute Gasteiger partial charge is 0.494 e. The minimum absolute atomic E-state index is 0.00535. The Labute approximate surface area is 249 Å².